The Morgan fingerprint density at radius 3 is 1.29 bits per heavy atom. The summed E-state index contributed by atoms with van der Waals surface area (Å²) in [5.41, 5.74) is 15.9. The van der Waals surface area contributed by atoms with Crippen LogP contribution >= 0.6 is 0 Å². The zero-order valence-electron chi connectivity index (χ0n) is 27.8. The molecule has 0 aromatic heterocycles. The quantitative estimate of drug-likeness (QED) is 0.181. The Labute approximate surface area is 283 Å². The van der Waals surface area contributed by atoms with Crippen molar-refractivity contribution < 1.29 is 0 Å². The number of hydrogen-bond acceptors (Lipinski definition) is 2. The Kier molecular flexibility index (Phi) is 7.04. The highest BCUT2D eigenvalue weighted by Crippen LogP contribution is 2.47. The van der Waals surface area contributed by atoms with E-state index in [0.717, 1.165) is 38.8 Å². The highest BCUT2D eigenvalue weighted by atomic mass is 15.1. The maximum Gasteiger partial charge on any atom is 0.0443 e. The molecule has 0 atom stereocenters. The van der Waals surface area contributed by atoms with E-state index in [1.165, 1.54) is 88.8 Å². The van der Waals surface area contributed by atoms with Crippen LogP contribution in [0.4, 0.5) is 22.7 Å². The van der Waals surface area contributed by atoms with Gasteiger partial charge in [-0.3, -0.25) is 0 Å². The van der Waals surface area contributed by atoms with Crippen LogP contribution in [0.3, 0.4) is 0 Å². The van der Waals surface area contributed by atoms with E-state index in [9.17, 15) is 0 Å². The number of nitrogens with zero attached hydrogens (tertiary/aromatic N) is 2. The molecule has 0 radical (unpaired) electrons. The van der Waals surface area contributed by atoms with Crippen molar-refractivity contribution in [3.8, 4) is 22.3 Å². The molecule has 7 aromatic carbocycles. The van der Waals surface area contributed by atoms with Crippen LogP contribution in [0.1, 0.15) is 35.1 Å². The second-order valence-corrected chi connectivity index (χ2v) is 13.7. The van der Waals surface area contributed by atoms with Gasteiger partial charge in [0.25, 0.3) is 0 Å². The van der Waals surface area contributed by atoms with E-state index in [1.807, 2.05) is 0 Å². The minimum atomic E-state index is 1.03. The van der Waals surface area contributed by atoms with Crippen LogP contribution in [0.5, 0.6) is 0 Å². The third kappa shape index (κ3) is 4.86. The van der Waals surface area contributed by atoms with Crippen molar-refractivity contribution in [2.75, 3.05) is 22.9 Å². The molecule has 0 bridgehead atoms. The van der Waals surface area contributed by atoms with Gasteiger partial charge in [-0.2, -0.15) is 0 Å². The maximum absolute atomic E-state index is 2.54. The molecule has 0 amide bonds. The molecule has 9 rings (SSSR count). The van der Waals surface area contributed by atoms with Crippen LogP contribution in [-0.2, 0) is 12.8 Å². The first-order chi connectivity index (χ1) is 23.6. The van der Waals surface area contributed by atoms with Crippen LogP contribution < -0.4 is 9.80 Å². The Hall–Kier alpha value is -5.34. The number of benzene rings is 7. The summed E-state index contributed by atoms with van der Waals surface area (Å²) in [6, 6.07) is 50.4. The summed E-state index contributed by atoms with van der Waals surface area (Å²) in [6.45, 7) is 6.46. The first-order valence-electron chi connectivity index (χ1n) is 17.5. The van der Waals surface area contributed by atoms with E-state index >= 15 is 0 Å². The maximum atomic E-state index is 2.54. The van der Waals surface area contributed by atoms with Gasteiger partial charge in [0.05, 0.1) is 0 Å². The molecule has 2 heteroatoms. The summed E-state index contributed by atoms with van der Waals surface area (Å²) < 4.78 is 0. The van der Waals surface area contributed by atoms with Gasteiger partial charge in [0.1, 0.15) is 0 Å². The lowest BCUT2D eigenvalue weighted by molar-refractivity contribution is 0.766. The second-order valence-electron chi connectivity index (χ2n) is 13.7. The first kappa shape index (κ1) is 28.8. The van der Waals surface area contributed by atoms with E-state index in [1.54, 1.807) is 0 Å². The highest BCUT2D eigenvalue weighted by Gasteiger charge is 2.24. The third-order valence-electron chi connectivity index (χ3n) is 10.5. The average molecular weight is 621 g/mol. The van der Waals surface area contributed by atoms with Gasteiger partial charge < -0.3 is 9.80 Å². The zero-order valence-corrected chi connectivity index (χ0v) is 27.8. The lowest BCUT2D eigenvalue weighted by atomic mass is 9.85. The largest absolute Gasteiger partial charge is 0.341 e. The minimum absolute atomic E-state index is 1.03. The Bertz CT molecular complexity index is 2150. The fourth-order valence-electron chi connectivity index (χ4n) is 8.36. The first-order valence-corrected chi connectivity index (χ1v) is 17.5. The molecule has 2 aliphatic rings. The Balaban J connectivity index is 1.33. The molecule has 2 nitrogen and oxygen atoms in total. The van der Waals surface area contributed by atoms with Crippen molar-refractivity contribution in [3.63, 3.8) is 0 Å². The number of fused-ring (bicyclic) bond motifs is 4. The van der Waals surface area contributed by atoms with Gasteiger partial charge in [-0.15, -0.1) is 0 Å². The number of anilines is 4. The smallest absolute Gasteiger partial charge is 0.0443 e. The highest BCUT2D eigenvalue weighted by molar-refractivity contribution is 6.22. The summed E-state index contributed by atoms with van der Waals surface area (Å²) in [5, 5.41) is 5.19. The van der Waals surface area contributed by atoms with E-state index in [4.69, 9.17) is 0 Å². The molecule has 2 heterocycles. The van der Waals surface area contributed by atoms with E-state index in [-0.39, 0.29) is 0 Å². The van der Waals surface area contributed by atoms with Crippen molar-refractivity contribution in [2.24, 2.45) is 0 Å². The van der Waals surface area contributed by atoms with Gasteiger partial charge in [0.15, 0.2) is 0 Å². The van der Waals surface area contributed by atoms with Crippen LogP contribution in [0.15, 0.2) is 133 Å². The van der Waals surface area contributed by atoms with Gasteiger partial charge in [-0.05, 0) is 131 Å². The minimum Gasteiger partial charge on any atom is -0.341 e. The molecule has 234 valence electrons. The fraction of sp³-hybridized carbons (Fsp3) is 0.174. The number of aryl methyl sites for hydroxylation is 4. The molecule has 0 saturated carbocycles. The lowest BCUT2D eigenvalue weighted by Crippen LogP contribution is -2.24. The molecule has 0 saturated heterocycles. The molecule has 0 fully saturated rings. The van der Waals surface area contributed by atoms with E-state index < -0.39 is 0 Å². The van der Waals surface area contributed by atoms with Crippen molar-refractivity contribution >= 4 is 44.3 Å². The van der Waals surface area contributed by atoms with Gasteiger partial charge in [0, 0.05) is 35.8 Å². The van der Waals surface area contributed by atoms with E-state index in [0.29, 0.717) is 0 Å². The van der Waals surface area contributed by atoms with Crippen LogP contribution in [0.2, 0.25) is 0 Å². The topological polar surface area (TPSA) is 6.48 Å². The number of rotatable bonds is 4. The van der Waals surface area contributed by atoms with Crippen molar-refractivity contribution in [2.45, 2.75) is 39.5 Å². The van der Waals surface area contributed by atoms with E-state index in [2.05, 4.69) is 157 Å². The molecule has 48 heavy (non-hydrogen) atoms. The monoisotopic (exact) mass is 620 g/mol. The van der Waals surface area contributed by atoms with Gasteiger partial charge in [-0.25, -0.2) is 0 Å². The predicted octanol–water partition coefficient (Wildman–Crippen LogP) is 12.1. The summed E-state index contributed by atoms with van der Waals surface area (Å²) in [4.78, 5) is 5.08. The van der Waals surface area contributed by atoms with Gasteiger partial charge >= 0.3 is 0 Å². The molecule has 0 N–H and O–H groups in total. The summed E-state index contributed by atoms with van der Waals surface area (Å²) in [7, 11) is 0. The van der Waals surface area contributed by atoms with Crippen LogP contribution in [0.25, 0.3) is 43.8 Å². The Morgan fingerprint density at radius 2 is 0.854 bits per heavy atom. The van der Waals surface area contributed by atoms with Crippen LogP contribution in [-0.4, -0.2) is 13.1 Å². The SMILES string of the molecule is Cc1ccc2c(c1)CCCN2c1ccc2c(-c3ccccc3)c3cc(N4CCCc5cc(C)ccc54)ccc3c(-c3ccccc3)c2c1. The normalized spacial score (nSPS) is 14.3. The third-order valence-corrected chi connectivity index (χ3v) is 10.5. The van der Waals surface area contributed by atoms with Crippen molar-refractivity contribution in [3.05, 3.63) is 156 Å². The van der Waals surface area contributed by atoms with Gasteiger partial charge in [-0.1, -0.05) is 108 Å². The molecule has 0 aliphatic carbocycles. The number of hydrogen-bond donors (Lipinski definition) is 0. The average Bonchev–Trinajstić information content (AvgIpc) is 3.13. The lowest BCUT2D eigenvalue weighted by Gasteiger charge is -2.33. The molecule has 0 unspecified atom stereocenters. The molecule has 0 spiro atoms. The molecule has 7 aromatic rings. The standard InChI is InChI=1S/C46H40N2/c1-31-17-23-43-35(27-31)15-9-25-47(43)37-19-21-39-41(29-37)45(33-11-5-3-6-12-33)40-22-20-38(30-42(40)46(39)34-13-7-4-8-14-34)48-26-10-16-36-28-32(2)18-24-44(36)48/h3-8,11-14,17-24,27-30H,9-10,15-16,25-26H2,1-2H3. The second kappa shape index (κ2) is 11.7. The fourth-order valence-corrected chi connectivity index (χ4v) is 8.36. The molecular weight excluding hydrogens is 581 g/mol. The molecule has 2 aliphatic heterocycles. The van der Waals surface area contributed by atoms with Crippen LogP contribution in [0, 0.1) is 13.8 Å². The Morgan fingerprint density at radius 1 is 0.417 bits per heavy atom. The summed E-state index contributed by atoms with van der Waals surface area (Å²) in [6.07, 6.45) is 4.61. The predicted molar refractivity (Wildman–Crippen MR) is 205 cm³/mol. The van der Waals surface area contributed by atoms with Crippen molar-refractivity contribution in [1.29, 1.82) is 0 Å². The zero-order chi connectivity index (χ0) is 32.2. The summed E-state index contributed by atoms with van der Waals surface area (Å²) >= 11 is 0. The van der Waals surface area contributed by atoms with Gasteiger partial charge in [0.2, 0.25) is 0 Å². The summed E-state index contributed by atoms with van der Waals surface area (Å²) in [5.74, 6) is 0. The van der Waals surface area contributed by atoms with Crippen molar-refractivity contribution in [1.82, 2.24) is 0 Å². The molecular formula is C46H40N2.